The maximum atomic E-state index is 12.9. The fraction of sp³-hybridized carbons (Fsp3) is 0.190. The van der Waals surface area contributed by atoms with E-state index in [9.17, 15) is 18.0 Å². The Morgan fingerprint density at radius 2 is 1.97 bits per heavy atom. The number of amides is 1. The summed E-state index contributed by atoms with van der Waals surface area (Å²) in [5.74, 6) is 0.0279. The van der Waals surface area contributed by atoms with E-state index in [1.807, 2.05) is 31.2 Å². The lowest BCUT2D eigenvalue weighted by Gasteiger charge is -2.12. The van der Waals surface area contributed by atoms with Gasteiger partial charge in [0.2, 0.25) is 5.91 Å². The van der Waals surface area contributed by atoms with Crippen molar-refractivity contribution in [1.82, 2.24) is 14.6 Å². The topological polar surface area (TPSA) is 68.5 Å². The third-order valence-electron chi connectivity index (χ3n) is 4.77. The highest BCUT2D eigenvalue weighted by Crippen LogP contribution is 2.34. The number of carbonyl (C=O) groups excluding carboxylic acids is 1. The molecule has 0 unspecified atom stereocenters. The Hall–Kier alpha value is -2.98. The Labute approximate surface area is 189 Å². The summed E-state index contributed by atoms with van der Waals surface area (Å²) in [6, 6.07) is 10.3. The number of carbonyl (C=O) groups is 1. The van der Waals surface area contributed by atoms with Gasteiger partial charge in [-0.3, -0.25) is 9.20 Å². The Morgan fingerprint density at radius 1 is 1.19 bits per heavy atom. The second-order valence-electron chi connectivity index (χ2n) is 6.92. The maximum Gasteiger partial charge on any atom is 0.416 e. The summed E-state index contributed by atoms with van der Waals surface area (Å²) in [7, 11) is 1.57. The lowest BCUT2D eigenvalue weighted by Crippen LogP contribution is -2.15. The Kier molecular flexibility index (Phi) is 5.91. The van der Waals surface area contributed by atoms with Gasteiger partial charge < -0.3 is 10.1 Å². The molecular weight excluding hydrogens is 465 g/mol. The molecule has 0 aliphatic rings. The van der Waals surface area contributed by atoms with Crippen LogP contribution in [0.25, 0.3) is 16.6 Å². The van der Waals surface area contributed by atoms with Gasteiger partial charge in [-0.15, -0.1) is 10.2 Å². The molecule has 166 valence electrons. The van der Waals surface area contributed by atoms with Crippen molar-refractivity contribution in [1.29, 1.82) is 0 Å². The van der Waals surface area contributed by atoms with E-state index in [-0.39, 0.29) is 16.5 Å². The van der Waals surface area contributed by atoms with Crippen LogP contribution in [0.5, 0.6) is 5.75 Å². The van der Waals surface area contributed by atoms with E-state index in [2.05, 4.69) is 15.5 Å². The standard InChI is InChI=1S/C21H16ClF3N4O2S/c1-11-7-18-27-28-20(29(18)17-9-13(31-2)4-5-14(11)17)32-10-19(30)26-16-8-12(21(23,24)25)3-6-15(16)22/h3-9H,10H2,1-2H3,(H,26,30). The van der Waals surface area contributed by atoms with Gasteiger partial charge in [0.05, 0.1) is 34.7 Å². The zero-order chi connectivity index (χ0) is 23.0. The van der Waals surface area contributed by atoms with Crippen molar-refractivity contribution in [2.45, 2.75) is 18.3 Å². The highest BCUT2D eigenvalue weighted by molar-refractivity contribution is 7.99. The molecule has 0 fully saturated rings. The van der Waals surface area contributed by atoms with Gasteiger partial charge in [0, 0.05) is 11.5 Å². The number of nitrogens with one attached hydrogen (secondary N) is 1. The molecule has 1 amide bonds. The molecule has 0 aliphatic heterocycles. The molecule has 4 aromatic rings. The van der Waals surface area contributed by atoms with Crippen molar-refractivity contribution in [3.63, 3.8) is 0 Å². The van der Waals surface area contributed by atoms with E-state index in [1.165, 1.54) is 0 Å². The Morgan fingerprint density at radius 3 is 2.69 bits per heavy atom. The van der Waals surface area contributed by atoms with Crippen molar-refractivity contribution in [2.75, 3.05) is 18.2 Å². The predicted octanol–water partition coefficient (Wildman–Crippen LogP) is 5.60. The Balaban J connectivity index is 1.59. The largest absolute Gasteiger partial charge is 0.497 e. The van der Waals surface area contributed by atoms with Crippen molar-refractivity contribution in [3.8, 4) is 5.75 Å². The van der Waals surface area contributed by atoms with E-state index in [4.69, 9.17) is 16.3 Å². The van der Waals surface area contributed by atoms with Gasteiger partial charge in [0.15, 0.2) is 10.8 Å². The van der Waals surface area contributed by atoms with E-state index < -0.39 is 17.6 Å². The van der Waals surface area contributed by atoms with Crippen LogP contribution in [0.2, 0.25) is 5.02 Å². The van der Waals surface area contributed by atoms with Gasteiger partial charge in [-0.05, 0) is 48.9 Å². The molecule has 0 atom stereocenters. The minimum Gasteiger partial charge on any atom is -0.497 e. The number of rotatable bonds is 5. The first-order valence-corrected chi connectivity index (χ1v) is 10.7. The summed E-state index contributed by atoms with van der Waals surface area (Å²) < 4.78 is 46.0. The number of benzene rings is 2. The minimum absolute atomic E-state index is 0.0119. The number of hydrogen-bond donors (Lipinski definition) is 1. The maximum absolute atomic E-state index is 12.9. The number of hydrogen-bond acceptors (Lipinski definition) is 5. The molecule has 4 rings (SSSR count). The van der Waals surface area contributed by atoms with E-state index >= 15 is 0 Å². The molecule has 0 radical (unpaired) electrons. The highest BCUT2D eigenvalue weighted by Gasteiger charge is 2.31. The van der Waals surface area contributed by atoms with E-state index in [0.29, 0.717) is 16.6 Å². The number of thioether (sulfide) groups is 1. The van der Waals surface area contributed by atoms with Gasteiger partial charge in [-0.2, -0.15) is 13.2 Å². The van der Waals surface area contributed by atoms with Crippen LogP contribution in [0, 0.1) is 6.92 Å². The van der Waals surface area contributed by atoms with Crippen molar-refractivity contribution < 1.29 is 22.7 Å². The average Bonchev–Trinajstić information content (AvgIpc) is 3.15. The molecule has 2 aromatic heterocycles. The molecule has 2 heterocycles. The lowest BCUT2D eigenvalue weighted by molar-refractivity contribution is -0.137. The van der Waals surface area contributed by atoms with Gasteiger partial charge in [-0.1, -0.05) is 23.4 Å². The summed E-state index contributed by atoms with van der Waals surface area (Å²) in [6.45, 7) is 1.96. The molecule has 0 aliphatic carbocycles. The summed E-state index contributed by atoms with van der Waals surface area (Å²) in [4.78, 5) is 12.4. The zero-order valence-corrected chi connectivity index (χ0v) is 18.4. The molecule has 0 spiro atoms. The number of alkyl halides is 3. The smallest absolute Gasteiger partial charge is 0.416 e. The molecule has 32 heavy (non-hydrogen) atoms. The lowest BCUT2D eigenvalue weighted by atomic mass is 10.1. The summed E-state index contributed by atoms with van der Waals surface area (Å²) >= 11 is 7.05. The first kappa shape index (κ1) is 22.2. The van der Waals surface area contributed by atoms with Crippen molar-refractivity contribution in [3.05, 3.63) is 58.6 Å². The molecule has 0 bridgehead atoms. The quantitative estimate of drug-likeness (QED) is 0.376. The van der Waals surface area contributed by atoms with Crippen LogP contribution >= 0.6 is 23.4 Å². The zero-order valence-electron chi connectivity index (χ0n) is 16.8. The minimum atomic E-state index is -4.54. The summed E-state index contributed by atoms with van der Waals surface area (Å²) in [6.07, 6.45) is -4.54. The number of aromatic nitrogens is 3. The van der Waals surface area contributed by atoms with Crippen LogP contribution in [-0.4, -0.2) is 33.4 Å². The number of pyridine rings is 1. The van der Waals surface area contributed by atoms with E-state index in [1.54, 1.807) is 11.5 Å². The molecule has 1 N–H and O–H groups in total. The summed E-state index contributed by atoms with van der Waals surface area (Å²) in [5, 5.41) is 12.2. The molecule has 0 saturated heterocycles. The van der Waals surface area contributed by atoms with Crippen molar-refractivity contribution >= 4 is 51.5 Å². The molecule has 2 aromatic carbocycles. The number of anilines is 1. The third kappa shape index (κ3) is 4.33. The van der Waals surface area contributed by atoms with Gasteiger partial charge in [-0.25, -0.2) is 0 Å². The fourth-order valence-electron chi connectivity index (χ4n) is 3.24. The van der Waals surface area contributed by atoms with Crippen LogP contribution in [-0.2, 0) is 11.0 Å². The molecule has 11 heteroatoms. The van der Waals surface area contributed by atoms with Crippen LogP contribution < -0.4 is 10.1 Å². The molecule has 6 nitrogen and oxygen atoms in total. The molecule has 0 saturated carbocycles. The number of nitrogens with zero attached hydrogens (tertiary/aromatic N) is 3. The second-order valence-corrected chi connectivity index (χ2v) is 8.27. The normalized spacial score (nSPS) is 11.8. The van der Waals surface area contributed by atoms with E-state index in [0.717, 1.165) is 46.4 Å². The molecular formula is C21H16ClF3N4O2S. The van der Waals surface area contributed by atoms with Crippen LogP contribution in [0.4, 0.5) is 18.9 Å². The number of halogens is 4. The van der Waals surface area contributed by atoms with Gasteiger partial charge in [0.25, 0.3) is 0 Å². The number of fused-ring (bicyclic) bond motifs is 3. The Bertz CT molecular complexity index is 1340. The first-order chi connectivity index (χ1) is 15.2. The van der Waals surface area contributed by atoms with Gasteiger partial charge >= 0.3 is 6.18 Å². The number of aryl methyl sites for hydroxylation is 1. The SMILES string of the molecule is COc1ccc2c(C)cc3nnc(SCC(=O)Nc4cc(C(F)(F)F)ccc4Cl)n3c2c1. The number of ether oxygens (including phenoxy) is 1. The average molecular weight is 481 g/mol. The van der Waals surface area contributed by atoms with Crippen LogP contribution in [0.3, 0.4) is 0 Å². The van der Waals surface area contributed by atoms with Crippen LogP contribution in [0.1, 0.15) is 11.1 Å². The number of methoxy groups -OCH3 is 1. The second kappa shape index (κ2) is 8.51. The summed E-state index contributed by atoms with van der Waals surface area (Å²) in [5.41, 5.74) is 1.42. The van der Waals surface area contributed by atoms with Gasteiger partial charge in [0.1, 0.15) is 5.75 Å². The highest BCUT2D eigenvalue weighted by atomic mass is 35.5. The predicted molar refractivity (Wildman–Crippen MR) is 118 cm³/mol. The third-order valence-corrected chi connectivity index (χ3v) is 6.03. The first-order valence-electron chi connectivity index (χ1n) is 9.29. The fourth-order valence-corrected chi connectivity index (χ4v) is 4.15. The monoisotopic (exact) mass is 480 g/mol. The van der Waals surface area contributed by atoms with Crippen molar-refractivity contribution in [2.24, 2.45) is 0 Å². The van der Waals surface area contributed by atoms with Crippen LogP contribution in [0.15, 0.2) is 47.6 Å².